The van der Waals surface area contributed by atoms with E-state index in [4.69, 9.17) is 9.47 Å². The molecule has 20 heavy (non-hydrogen) atoms. The van der Waals surface area contributed by atoms with E-state index in [1.807, 2.05) is 0 Å². The van der Waals surface area contributed by atoms with Gasteiger partial charge in [0.25, 0.3) is 0 Å². The van der Waals surface area contributed by atoms with Gasteiger partial charge in [0.05, 0.1) is 13.2 Å². The van der Waals surface area contributed by atoms with Crippen molar-refractivity contribution in [1.82, 2.24) is 5.32 Å². The number of rotatable bonds is 3. The predicted octanol–water partition coefficient (Wildman–Crippen LogP) is 2.76. The molecule has 3 fully saturated rings. The lowest BCUT2D eigenvalue weighted by Gasteiger charge is -2.35. The summed E-state index contributed by atoms with van der Waals surface area (Å²) < 4.78 is 11.5. The van der Waals surface area contributed by atoms with E-state index < -0.39 is 0 Å². The van der Waals surface area contributed by atoms with Gasteiger partial charge < -0.3 is 14.8 Å². The number of nitrogens with one attached hydrogen (secondary N) is 1. The Morgan fingerprint density at radius 2 is 1.65 bits per heavy atom. The van der Waals surface area contributed by atoms with Gasteiger partial charge in [0.15, 0.2) is 5.79 Å². The molecule has 0 atom stereocenters. The highest BCUT2D eigenvalue weighted by atomic mass is 16.7. The first-order valence-electron chi connectivity index (χ1n) is 8.33. The Hall–Kier alpha value is -0.610. The molecule has 0 unspecified atom stereocenters. The van der Waals surface area contributed by atoms with Gasteiger partial charge in [0.2, 0.25) is 5.91 Å². The average Bonchev–Trinajstić information content (AvgIpc) is 2.91. The molecule has 3 aliphatic rings. The Morgan fingerprint density at radius 3 is 2.30 bits per heavy atom. The van der Waals surface area contributed by atoms with E-state index in [-0.39, 0.29) is 11.7 Å². The van der Waals surface area contributed by atoms with E-state index in [1.165, 1.54) is 32.1 Å². The zero-order chi connectivity index (χ0) is 13.8. The first-order chi connectivity index (χ1) is 9.76. The lowest BCUT2D eigenvalue weighted by atomic mass is 9.83. The van der Waals surface area contributed by atoms with Crippen LogP contribution in [0.25, 0.3) is 0 Å². The van der Waals surface area contributed by atoms with Crippen molar-refractivity contribution >= 4 is 5.91 Å². The molecule has 1 saturated heterocycles. The van der Waals surface area contributed by atoms with Gasteiger partial charge in [0, 0.05) is 25.3 Å². The van der Waals surface area contributed by atoms with Crippen molar-refractivity contribution in [3.05, 3.63) is 0 Å². The number of hydrogen-bond donors (Lipinski definition) is 1. The van der Waals surface area contributed by atoms with E-state index in [2.05, 4.69) is 5.32 Å². The van der Waals surface area contributed by atoms with E-state index in [1.54, 1.807) is 0 Å². The fourth-order valence-corrected chi connectivity index (χ4v) is 3.90. The molecular formula is C16H27NO3. The van der Waals surface area contributed by atoms with Crippen LogP contribution < -0.4 is 5.32 Å². The van der Waals surface area contributed by atoms with Gasteiger partial charge in [-0.2, -0.15) is 0 Å². The van der Waals surface area contributed by atoms with Gasteiger partial charge in [-0.3, -0.25) is 4.79 Å². The number of carbonyl (C=O) groups is 1. The summed E-state index contributed by atoms with van der Waals surface area (Å²) in [7, 11) is 0. The topological polar surface area (TPSA) is 47.6 Å². The summed E-state index contributed by atoms with van der Waals surface area (Å²) in [6, 6.07) is 0.438. The lowest BCUT2D eigenvalue weighted by molar-refractivity contribution is -0.183. The van der Waals surface area contributed by atoms with E-state index in [0.29, 0.717) is 18.4 Å². The number of amides is 1. The van der Waals surface area contributed by atoms with Crippen LogP contribution in [0.4, 0.5) is 0 Å². The second-order valence-electron chi connectivity index (χ2n) is 6.66. The minimum atomic E-state index is -0.295. The van der Waals surface area contributed by atoms with Crippen LogP contribution in [-0.2, 0) is 14.3 Å². The summed E-state index contributed by atoms with van der Waals surface area (Å²) in [5, 5.41) is 3.23. The molecule has 0 aromatic carbocycles. The number of hydrogen-bond acceptors (Lipinski definition) is 3. The van der Waals surface area contributed by atoms with Gasteiger partial charge in [0.1, 0.15) is 0 Å². The molecule has 1 aliphatic heterocycles. The highest BCUT2D eigenvalue weighted by Crippen LogP contribution is 2.39. The van der Waals surface area contributed by atoms with Crippen molar-refractivity contribution in [2.75, 3.05) is 13.2 Å². The zero-order valence-corrected chi connectivity index (χ0v) is 12.4. The maximum atomic E-state index is 12.1. The second kappa shape index (κ2) is 6.44. The van der Waals surface area contributed by atoms with Gasteiger partial charge in [-0.15, -0.1) is 0 Å². The molecular weight excluding hydrogens is 254 g/mol. The lowest BCUT2D eigenvalue weighted by Crippen LogP contribution is -2.39. The van der Waals surface area contributed by atoms with E-state index >= 15 is 0 Å². The predicted molar refractivity (Wildman–Crippen MR) is 76.2 cm³/mol. The zero-order valence-electron chi connectivity index (χ0n) is 12.4. The monoisotopic (exact) mass is 281 g/mol. The minimum Gasteiger partial charge on any atom is -0.353 e. The molecule has 1 N–H and O–H groups in total. The average molecular weight is 281 g/mol. The standard InChI is InChI=1S/C16H27NO3/c18-15(17-14-4-2-1-3-5-14)12-13-6-8-16(9-7-13)19-10-11-20-16/h13-14H,1-12H2,(H,17,18). The Balaban J connectivity index is 1.39. The molecule has 2 saturated carbocycles. The van der Waals surface area contributed by atoms with Gasteiger partial charge in [-0.25, -0.2) is 0 Å². The summed E-state index contributed by atoms with van der Waals surface area (Å²) in [5.41, 5.74) is 0. The van der Waals surface area contributed by atoms with Crippen molar-refractivity contribution < 1.29 is 14.3 Å². The maximum absolute atomic E-state index is 12.1. The van der Waals surface area contributed by atoms with Crippen molar-refractivity contribution in [2.45, 2.75) is 76.0 Å². The molecule has 4 nitrogen and oxygen atoms in total. The van der Waals surface area contributed by atoms with Crippen LogP contribution >= 0.6 is 0 Å². The molecule has 1 amide bonds. The number of carbonyl (C=O) groups excluding carboxylic acids is 1. The second-order valence-corrected chi connectivity index (χ2v) is 6.66. The summed E-state index contributed by atoms with van der Waals surface area (Å²) in [6.45, 7) is 1.46. The van der Waals surface area contributed by atoms with Crippen LogP contribution in [0.1, 0.15) is 64.2 Å². The van der Waals surface area contributed by atoms with Crippen LogP contribution in [-0.4, -0.2) is 30.9 Å². The third-order valence-electron chi connectivity index (χ3n) is 5.12. The van der Waals surface area contributed by atoms with Crippen LogP contribution in [0.5, 0.6) is 0 Å². The SMILES string of the molecule is O=C(CC1CCC2(CC1)OCCO2)NC1CCCCC1. The Labute approximate surface area is 121 Å². The number of ether oxygens (including phenoxy) is 2. The summed E-state index contributed by atoms with van der Waals surface area (Å²) >= 11 is 0. The van der Waals surface area contributed by atoms with Crippen LogP contribution in [0.3, 0.4) is 0 Å². The molecule has 0 bridgehead atoms. The van der Waals surface area contributed by atoms with Gasteiger partial charge >= 0.3 is 0 Å². The van der Waals surface area contributed by atoms with Crippen molar-refractivity contribution in [2.24, 2.45) is 5.92 Å². The molecule has 2 aliphatic carbocycles. The molecule has 3 rings (SSSR count). The Kier molecular flexibility index (Phi) is 4.61. The summed E-state index contributed by atoms with van der Waals surface area (Å²) in [4.78, 5) is 12.1. The molecule has 4 heteroatoms. The molecule has 0 aromatic rings. The third-order valence-corrected chi connectivity index (χ3v) is 5.12. The van der Waals surface area contributed by atoms with Crippen LogP contribution in [0.2, 0.25) is 0 Å². The first-order valence-corrected chi connectivity index (χ1v) is 8.33. The molecule has 0 aromatic heterocycles. The highest BCUT2D eigenvalue weighted by Gasteiger charge is 2.40. The van der Waals surface area contributed by atoms with Gasteiger partial charge in [-0.05, 0) is 31.6 Å². The van der Waals surface area contributed by atoms with Crippen LogP contribution in [0.15, 0.2) is 0 Å². The first kappa shape index (κ1) is 14.3. The minimum absolute atomic E-state index is 0.256. The smallest absolute Gasteiger partial charge is 0.220 e. The maximum Gasteiger partial charge on any atom is 0.220 e. The summed E-state index contributed by atoms with van der Waals surface area (Å²) in [6.07, 6.45) is 10.9. The third kappa shape index (κ3) is 3.53. The normalized spacial score (nSPS) is 27.8. The molecule has 0 radical (unpaired) electrons. The largest absolute Gasteiger partial charge is 0.353 e. The Morgan fingerprint density at radius 1 is 1.00 bits per heavy atom. The summed E-state index contributed by atoms with van der Waals surface area (Å²) in [5.74, 6) is 0.471. The van der Waals surface area contributed by atoms with E-state index in [0.717, 1.165) is 38.9 Å². The van der Waals surface area contributed by atoms with E-state index in [9.17, 15) is 4.79 Å². The van der Waals surface area contributed by atoms with Crippen molar-refractivity contribution in [3.63, 3.8) is 0 Å². The van der Waals surface area contributed by atoms with Crippen molar-refractivity contribution in [1.29, 1.82) is 0 Å². The fraction of sp³-hybridized carbons (Fsp3) is 0.938. The van der Waals surface area contributed by atoms with Gasteiger partial charge in [-0.1, -0.05) is 19.3 Å². The Bertz CT molecular complexity index is 323. The molecule has 1 spiro atoms. The highest BCUT2D eigenvalue weighted by molar-refractivity contribution is 5.76. The van der Waals surface area contributed by atoms with Crippen molar-refractivity contribution in [3.8, 4) is 0 Å². The molecule has 114 valence electrons. The molecule has 1 heterocycles. The quantitative estimate of drug-likeness (QED) is 0.865. The van der Waals surface area contributed by atoms with Crippen LogP contribution in [0, 0.1) is 5.92 Å². The fourth-order valence-electron chi connectivity index (χ4n) is 3.90.